The first-order valence-corrected chi connectivity index (χ1v) is 4.28. The molecule has 1 saturated carbocycles. The van der Waals surface area contributed by atoms with Crippen LogP contribution in [0.25, 0.3) is 0 Å². The van der Waals surface area contributed by atoms with Gasteiger partial charge in [0, 0.05) is 11.8 Å². The number of rotatable bonds is 3. The molecule has 0 aromatic carbocycles. The molecule has 58 valence electrons. The van der Waals surface area contributed by atoms with Crippen molar-refractivity contribution >= 4 is 5.78 Å². The quantitative estimate of drug-likeness (QED) is 0.588. The van der Waals surface area contributed by atoms with E-state index in [9.17, 15) is 4.79 Å². The first-order valence-electron chi connectivity index (χ1n) is 4.28. The van der Waals surface area contributed by atoms with E-state index in [0.29, 0.717) is 5.78 Å². The number of hydrogen-bond acceptors (Lipinski definition) is 1. The van der Waals surface area contributed by atoms with E-state index in [1.807, 2.05) is 0 Å². The summed E-state index contributed by atoms with van der Waals surface area (Å²) >= 11 is 0. The molecule has 0 saturated heterocycles. The molecular weight excluding hydrogens is 124 g/mol. The third kappa shape index (κ3) is 0.979. The Kier molecular flexibility index (Phi) is 2.12. The zero-order chi connectivity index (χ0) is 7.61. The van der Waals surface area contributed by atoms with Crippen molar-refractivity contribution < 1.29 is 4.79 Å². The Bertz CT molecular complexity index is 136. The van der Waals surface area contributed by atoms with Gasteiger partial charge in [-0.15, -0.1) is 0 Å². The average Bonchev–Trinajstić information content (AvgIpc) is 1.97. The van der Waals surface area contributed by atoms with E-state index in [0.717, 1.165) is 32.1 Å². The lowest BCUT2D eigenvalue weighted by atomic mass is 9.63. The minimum atomic E-state index is 0.134. The van der Waals surface area contributed by atoms with Gasteiger partial charge in [0.05, 0.1) is 0 Å². The van der Waals surface area contributed by atoms with E-state index >= 15 is 0 Å². The summed E-state index contributed by atoms with van der Waals surface area (Å²) in [7, 11) is 0. The normalized spacial score (nSPS) is 32.0. The number of carbonyl (C=O) groups is 1. The zero-order valence-electron chi connectivity index (χ0n) is 6.94. The van der Waals surface area contributed by atoms with Crippen molar-refractivity contribution in [2.75, 3.05) is 0 Å². The lowest BCUT2D eigenvalue weighted by molar-refractivity contribution is -0.139. The van der Waals surface area contributed by atoms with Gasteiger partial charge in [-0.3, -0.25) is 4.79 Å². The molecule has 10 heavy (non-hydrogen) atoms. The second-order valence-electron chi connectivity index (χ2n) is 3.31. The van der Waals surface area contributed by atoms with Crippen LogP contribution in [0.2, 0.25) is 0 Å². The first-order chi connectivity index (χ1) is 4.75. The van der Waals surface area contributed by atoms with Crippen LogP contribution in [0.4, 0.5) is 0 Å². The Labute approximate surface area is 62.8 Å². The van der Waals surface area contributed by atoms with Gasteiger partial charge in [-0.1, -0.05) is 20.3 Å². The highest BCUT2D eigenvalue weighted by Gasteiger charge is 2.42. The van der Waals surface area contributed by atoms with E-state index in [2.05, 4.69) is 13.8 Å². The first kappa shape index (κ1) is 7.77. The molecule has 1 aliphatic carbocycles. The highest BCUT2D eigenvalue weighted by molar-refractivity contribution is 5.90. The van der Waals surface area contributed by atoms with Gasteiger partial charge in [0.25, 0.3) is 0 Å². The Balaban J connectivity index is 2.51. The van der Waals surface area contributed by atoms with Gasteiger partial charge in [0.1, 0.15) is 5.78 Å². The second kappa shape index (κ2) is 2.73. The number of hydrogen-bond donors (Lipinski definition) is 0. The van der Waals surface area contributed by atoms with E-state index in [1.54, 1.807) is 0 Å². The summed E-state index contributed by atoms with van der Waals surface area (Å²) in [5, 5.41) is 0. The summed E-state index contributed by atoms with van der Waals surface area (Å²) < 4.78 is 0. The molecule has 1 rings (SSSR count). The fraction of sp³-hybridized carbons (Fsp3) is 0.889. The lowest BCUT2D eigenvalue weighted by Crippen LogP contribution is -2.39. The van der Waals surface area contributed by atoms with Gasteiger partial charge in [-0.2, -0.15) is 0 Å². The van der Waals surface area contributed by atoms with E-state index in [1.165, 1.54) is 0 Å². The molecule has 0 aliphatic heterocycles. The lowest BCUT2D eigenvalue weighted by Gasteiger charge is -2.39. The van der Waals surface area contributed by atoms with Crippen LogP contribution in [0.5, 0.6) is 0 Å². The molecule has 0 amide bonds. The van der Waals surface area contributed by atoms with Gasteiger partial charge >= 0.3 is 0 Å². The standard InChI is InChI=1S/C9H16O/c1-3-6-9(4-2)7-5-8(9)10/h3-7H2,1-2H3. The van der Waals surface area contributed by atoms with Crippen LogP contribution in [0.15, 0.2) is 0 Å². The smallest absolute Gasteiger partial charge is 0.139 e. The van der Waals surface area contributed by atoms with Crippen molar-refractivity contribution in [2.45, 2.75) is 46.0 Å². The van der Waals surface area contributed by atoms with Crippen molar-refractivity contribution in [3.05, 3.63) is 0 Å². The summed E-state index contributed by atoms with van der Waals surface area (Å²) in [6.45, 7) is 4.29. The van der Waals surface area contributed by atoms with Crippen LogP contribution in [0, 0.1) is 5.41 Å². The van der Waals surface area contributed by atoms with E-state index < -0.39 is 0 Å². The van der Waals surface area contributed by atoms with Gasteiger partial charge in [-0.05, 0) is 19.3 Å². The van der Waals surface area contributed by atoms with Crippen LogP contribution in [0.3, 0.4) is 0 Å². The molecule has 1 aliphatic rings. The Morgan fingerprint density at radius 2 is 2.20 bits per heavy atom. The molecule has 1 nitrogen and oxygen atoms in total. The molecule has 0 aromatic rings. The summed E-state index contributed by atoms with van der Waals surface area (Å²) in [4.78, 5) is 11.2. The molecular formula is C9H16O. The van der Waals surface area contributed by atoms with Gasteiger partial charge in [0.15, 0.2) is 0 Å². The van der Waals surface area contributed by atoms with Crippen molar-refractivity contribution in [1.29, 1.82) is 0 Å². The van der Waals surface area contributed by atoms with Gasteiger partial charge in [-0.25, -0.2) is 0 Å². The van der Waals surface area contributed by atoms with Gasteiger partial charge < -0.3 is 0 Å². The summed E-state index contributed by atoms with van der Waals surface area (Å²) in [5.41, 5.74) is 0.134. The Morgan fingerprint density at radius 1 is 1.50 bits per heavy atom. The average molecular weight is 140 g/mol. The minimum absolute atomic E-state index is 0.134. The van der Waals surface area contributed by atoms with E-state index in [4.69, 9.17) is 0 Å². The third-order valence-electron chi connectivity index (χ3n) is 2.83. The molecule has 0 spiro atoms. The van der Waals surface area contributed by atoms with E-state index in [-0.39, 0.29) is 5.41 Å². The SMILES string of the molecule is CCCC1(CC)CCC1=O. The zero-order valence-corrected chi connectivity index (χ0v) is 6.94. The summed E-state index contributed by atoms with van der Waals surface area (Å²) in [6, 6.07) is 0. The molecule has 1 heteroatoms. The summed E-state index contributed by atoms with van der Waals surface area (Å²) in [5.74, 6) is 0.511. The van der Waals surface area contributed by atoms with Crippen LogP contribution in [-0.4, -0.2) is 5.78 Å². The molecule has 0 bridgehead atoms. The van der Waals surface area contributed by atoms with Crippen molar-refractivity contribution in [2.24, 2.45) is 5.41 Å². The molecule has 0 heterocycles. The monoisotopic (exact) mass is 140 g/mol. The summed E-state index contributed by atoms with van der Waals surface area (Å²) in [6.07, 6.45) is 5.31. The predicted octanol–water partition coefficient (Wildman–Crippen LogP) is 2.55. The molecule has 1 unspecified atom stereocenters. The fourth-order valence-corrected chi connectivity index (χ4v) is 1.87. The number of Topliss-reactive ketones (excluding diaryl/α,β-unsaturated/α-hetero) is 1. The molecule has 0 radical (unpaired) electrons. The largest absolute Gasteiger partial charge is 0.299 e. The Hall–Kier alpha value is -0.330. The molecule has 0 aromatic heterocycles. The molecule has 1 atom stereocenters. The van der Waals surface area contributed by atoms with Crippen molar-refractivity contribution in [3.8, 4) is 0 Å². The van der Waals surface area contributed by atoms with Crippen LogP contribution < -0.4 is 0 Å². The Morgan fingerprint density at radius 3 is 2.30 bits per heavy atom. The fourth-order valence-electron chi connectivity index (χ4n) is 1.87. The van der Waals surface area contributed by atoms with Crippen LogP contribution in [-0.2, 0) is 4.79 Å². The van der Waals surface area contributed by atoms with Crippen LogP contribution >= 0.6 is 0 Å². The van der Waals surface area contributed by atoms with Crippen LogP contribution in [0.1, 0.15) is 46.0 Å². The van der Waals surface area contributed by atoms with Crippen molar-refractivity contribution in [3.63, 3.8) is 0 Å². The highest BCUT2D eigenvalue weighted by Crippen LogP contribution is 2.43. The molecule has 0 N–H and O–H groups in total. The minimum Gasteiger partial charge on any atom is -0.299 e. The highest BCUT2D eigenvalue weighted by atomic mass is 16.1. The predicted molar refractivity (Wildman–Crippen MR) is 41.9 cm³/mol. The maximum absolute atomic E-state index is 11.2. The third-order valence-corrected chi connectivity index (χ3v) is 2.83. The topological polar surface area (TPSA) is 17.1 Å². The molecule has 1 fully saturated rings. The maximum Gasteiger partial charge on any atom is 0.139 e. The number of carbonyl (C=O) groups excluding carboxylic acids is 1. The number of ketones is 1. The van der Waals surface area contributed by atoms with Crippen molar-refractivity contribution in [1.82, 2.24) is 0 Å². The van der Waals surface area contributed by atoms with Gasteiger partial charge in [0.2, 0.25) is 0 Å². The maximum atomic E-state index is 11.2. The second-order valence-corrected chi connectivity index (χ2v) is 3.31.